The first-order valence-electron chi connectivity index (χ1n) is 6.01. The average molecular weight is 215 g/mol. The molecule has 1 unspecified atom stereocenters. The molecule has 0 radical (unpaired) electrons. The fourth-order valence-corrected chi connectivity index (χ4v) is 1.40. The van der Waals surface area contributed by atoms with Crippen LogP contribution in [0.3, 0.4) is 0 Å². The molecule has 0 aromatic rings. The van der Waals surface area contributed by atoms with Crippen molar-refractivity contribution in [3.05, 3.63) is 0 Å². The second-order valence-corrected chi connectivity index (χ2v) is 4.13. The molecule has 0 aromatic carbocycles. The van der Waals surface area contributed by atoms with Crippen LogP contribution in [0.1, 0.15) is 40.0 Å². The van der Waals surface area contributed by atoms with E-state index in [1.165, 1.54) is 0 Å². The lowest BCUT2D eigenvalue weighted by Gasteiger charge is -2.21. The van der Waals surface area contributed by atoms with Crippen LogP contribution in [0.5, 0.6) is 0 Å². The van der Waals surface area contributed by atoms with Crippen molar-refractivity contribution < 1.29 is 9.90 Å². The third-order valence-corrected chi connectivity index (χ3v) is 2.79. The van der Waals surface area contributed by atoms with E-state index >= 15 is 0 Å². The molecule has 0 rings (SSSR count). The summed E-state index contributed by atoms with van der Waals surface area (Å²) < 4.78 is 0. The molecule has 0 spiro atoms. The van der Waals surface area contributed by atoms with Crippen molar-refractivity contribution in [1.82, 2.24) is 4.90 Å². The third kappa shape index (κ3) is 6.63. The first-order chi connectivity index (χ1) is 7.15. The van der Waals surface area contributed by atoms with Crippen LogP contribution in [0.2, 0.25) is 0 Å². The molecule has 3 heteroatoms. The quantitative estimate of drug-likeness (QED) is 0.636. The lowest BCUT2D eigenvalue weighted by molar-refractivity contribution is -0.123. The highest BCUT2D eigenvalue weighted by atomic mass is 16.3. The number of aliphatic hydroxyl groups excluding tert-OH is 1. The Bertz CT molecular complexity index is 171. The van der Waals surface area contributed by atoms with E-state index in [-0.39, 0.29) is 12.5 Å². The summed E-state index contributed by atoms with van der Waals surface area (Å²) in [7, 11) is 0. The molecule has 0 saturated carbocycles. The van der Waals surface area contributed by atoms with E-state index in [1.807, 2.05) is 13.8 Å². The van der Waals surface area contributed by atoms with Crippen molar-refractivity contribution in [2.75, 3.05) is 26.2 Å². The number of Topliss-reactive ketones (excluding diaryl/α,β-unsaturated/α-hetero) is 1. The molecule has 90 valence electrons. The first-order valence-corrected chi connectivity index (χ1v) is 6.01. The highest BCUT2D eigenvalue weighted by Crippen LogP contribution is 2.04. The van der Waals surface area contributed by atoms with E-state index in [0.717, 1.165) is 25.8 Å². The van der Waals surface area contributed by atoms with Crippen LogP contribution >= 0.6 is 0 Å². The van der Waals surface area contributed by atoms with Gasteiger partial charge >= 0.3 is 0 Å². The van der Waals surface area contributed by atoms with Crippen molar-refractivity contribution in [2.45, 2.75) is 40.0 Å². The van der Waals surface area contributed by atoms with Crippen LogP contribution in [0, 0.1) is 5.92 Å². The van der Waals surface area contributed by atoms with Gasteiger partial charge in [-0.25, -0.2) is 0 Å². The Hall–Kier alpha value is -0.410. The van der Waals surface area contributed by atoms with Gasteiger partial charge in [0, 0.05) is 12.5 Å². The van der Waals surface area contributed by atoms with Crippen LogP contribution in [0.25, 0.3) is 0 Å². The SMILES string of the molecule is CCCCN(CCO)CC(=O)C(C)CC. The van der Waals surface area contributed by atoms with Crippen LogP contribution in [-0.4, -0.2) is 42.0 Å². The highest BCUT2D eigenvalue weighted by Gasteiger charge is 2.14. The maximum atomic E-state index is 11.7. The van der Waals surface area contributed by atoms with Crippen molar-refractivity contribution in [3.63, 3.8) is 0 Å². The van der Waals surface area contributed by atoms with E-state index in [9.17, 15) is 4.79 Å². The fourth-order valence-electron chi connectivity index (χ4n) is 1.40. The molecular formula is C12H25NO2. The number of rotatable bonds is 9. The molecule has 1 N–H and O–H groups in total. The average Bonchev–Trinajstić information content (AvgIpc) is 2.24. The number of nitrogens with zero attached hydrogens (tertiary/aromatic N) is 1. The highest BCUT2D eigenvalue weighted by molar-refractivity contribution is 5.82. The van der Waals surface area contributed by atoms with Crippen LogP contribution in [-0.2, 0) is 4.79 Å². The number of carbonyl (C=O) groups excluding carboxylic acids is 1. The summed E-state index contributed by atoms with van der Waals surface area (Å²) in [5, 5.41) is 8.89. The van der Waals surface area contributed by atoms with Gasteiger partial charge in [0.15, 0.2) is 0 Å². The van der Waals surface area contributed by atoms with E-state index in [1.54, 1.807) is 0 Å². The van der Waals surface area contributed by atoms with Crippen molar-refractivity contribution in [2.24, 2.45) is 5.92 Å². The van der Waals surface area contributed by atoms with Gasteiger partial charge in [0.2, 0.25) is 0 Å². The number of unbranched alkanes of at least 4 members (excludes halogenated alkanes) is 1. The lowest BCUT2D eigenvalue weighted by atomic mass is 10.0. The molecule has 0 fully saturated rings. The summed E-state index contributed by atoms with van der Waals surface area (Å²) in [6, 6.07) is 0. The zero-order chi connectivity index (χ0) is 11.7. The molecule has 3 nitrogen and oxygen atoms in total. The number of hydrogen-bond donors (Lipinski definition) is 1. The molecule has 0 aromatic heterocycles. The minimum Gasteiger partial charge on any atom is -0.395 e. The smallest absolute Gasteiger partial charge is 0.149 e. The van der Waals surface area contributed by atoms with Crippen molar-refractivity contribution >= 4 is 5.78 Å². The largest absolute Gasteiger partial charge is 0.395 e. The summed E-state index contributed by atoms with van der Waals surface area (Å²) in [4.78, 5) is 13.8. The molecule has 0 aliphatic heterocycles. The number of carbonyl (C=O) groups is 1. The van der Waals surface area contributed by atoms with Gasteiger partial charge in [-0.15, -0.1) is 0 Å². The zero-order valence-corrected chi connectivity index (χ0v) is 10.3. The Morgan fingerprint density at radius 1 is 1.33 bits per heavy atom. The van der Waals surface area contributed by atoms with Gasteiger partial charge < -0.3 is 5.11 Å². The topological polar surface area (TPSA) is 40.5 Å². The molecule has 15 heavy (non-hydrogen) atoms. The van der Waals surface area contributed by atoms with E-state index in [4.69, 9.17) is 5.11 Å². The van der Waals surface area contributed by atoms with Gasteiger partial charge in [-0.05, 0) is 19.4 Å². The molecule has 0 saturated heterocycles. The number of aliphatic hydroxyl groups is 1. The fraction of sp³-hybridized carbons (Fsp3) is 0.917. The number of hydrogen-bond acceptors (Lipinski definition) is 3. The zero-order valence-electron chi connectivity index (χ0n) is 10.3. The molecule has 0 amide bonds. The molecule has 0 heterocycles. The monoisotopic (exact) mass is 215 g/mol. The van der Waals surface area contributed by atoms with E-state index < -0.39 is 0 Å². The molecular weight excluding hydrogens is 190 g/mol. The number of ketones is 1. The second-order valence-electron chi connectivity index (χ2n) is 4.13. The minimum atomic E-state index is 0.136. The summed E-state index contributed by atoms with van der Waals surface area (Å²) >= 11 is 0. The lowest BCUT2D eigenvalue weighted by Crippen LogP contribution is -2.35. The molecule has 0 aliphatic rings. The molecule has 0 bridgehead atoms. The van der Waals surface area contributed by atoms with Crippen molar-refractivity contribution in [1.29, 1.82) is 0 Å². The Morgan fingerprint density at radius 3 is 2.47 bits per heavy atom. The summed E-state index contributed by atoms with van der Waals surface area (Å²) in [5.41, 5.74) is 0. The Labute approximate surface area is 93.5 Å². The summed E-state index contributed by atoms with van der Waals surface area (Å²) in [5.74, 6) is 0.440. The standard InChI is InChI=1S/C12H25NO2/c1-4-6-7-13(8-9-14)10-12(15)11(3)5-2/h11,14H,4-10H2,1-3H3. The summed E-state index contributed by atoms with van der Waals surface area (Å²) in [6.07, 6.45) is 3.12. The van der Waals surface area contributed by atoms with E-state index in [0.29, 0.717) is 18.9 Å². The third-order valence-electron chi connectivity index (χ3n) is 2.79. The minimum absolute atomic E-state index is 0.136. The Balaban J connectivity index is 3.97. The van der Waals surface area contributed by atoms with Crippen LogP contribution in [0.4, 0.5) is 0 Å². The molecule has 0 aliphatic carbocycles. The molecule has 1 atom stereocenters. The maximum absolute atomic E-state index is 11.7. The van der Waals surface area contributed by atoms with Gasteiger partial charge in [0.25, 0.3) is 0 Å². The predicted molar refractivity (Wildman–Crippen MR) is 62.9 cm³/mol. The first kappa shape index (κ1) is 14.6. The Morgan fingerprint density at radius 2 is 2.00 bits per heavy atom. The maximum Gasteiger partial charge on any atom is 0.149 e. The normalized spacial score (nSPS) is 13.1. The Kier molecular flexibility index (Phi) is 8.62. The van der Waals surface area contributed by atoms with Crippen LogP contribution in [0.15, 0.2) is 0 Å². The van der Waals surface area contributed by atoms with Gasteiger partial charge in [-0.3, -0.25) is 9.69 Å². The predicted octanol–water partition coefficient (Wildman–Crippen LogP) is 1.70. The van der Waals surface area contributed by atoms with E-state index in [2.05, 4.69) is 11.8 Å². The van der Waals surface area contributed by atoms with Gasteiger partial charge in [-0.1, -0.05) is 27.2 Å². The van der Waals surface area contributed by atoms with Gasteiger partial charge in [0.1, 0.15) is 5.78 Å². The van der Waals surface area contributed by atoms with Crippen molar-refractivity contribution in [3.8, 4) is 0 Å². The van der Waals surface area contributed by atoms with Gasteiger partial charge in [0.05, 0.1) is 13.2 Å². The summed E-state index contributed by atoms with van der Waals surface area (Å²) in [6.45, 7) is 8.30. The van der Waals surface area contributed by atoms with Crippen LogP contribution < -0.4 is 0 Å². The van der Waals surface area contributed by atoms with Gasteiger partial charge in [-0.2, -0.15) is 0 Å². The second kappa shape index (κ2) is 8.86.